The lowest BCUT2D eigenvalue weighted by atomic mass is 10.3. The Morgan fingerprint density at radius 3 is 2.25 bits per heavy atom. The summed E-state index contributed by atoms with van der Waals surface area (Å²) in [6.45, 7) is 2.94. The van der Waals surface area contributed by atoms with Crippen LogP contribution in [0.1, 0.15) is 13.8 Å². The predicted molar refractivity (Wildman–Crippen MR) is 41.7 cm³/mol. The van der Waals surface area contributed by atoms with E-state index in [1.54, 1.807) is 6.92 Å². The second-order valence-electron chi connectivity index (χ2n) is 2.45. The van der Waals surface area contributed by atoms with Gasteiger partial charge in [-0.25, -0.2) is 0 Å². The molecule has 0 aliphatic heterocycles. The highest BCUT2D eigenvalue weighted by Crippen LogP contribution is 1.89. The highest BCUT2D eigenvalue weighted by atomic mass is 16.5. The first-order valence-electron chi connectivity index (χ1n) is 3.55. The van der Waals surface area contributed by atoms with Gasteiger partial charge < -0.3 is 15.2 Å². The quantitative estimate of drug-likeness (QED) is 0.610. The van der Waals surface area contributed by atoms with Crippen molar-refractivity contribution in [3.8, 4) is 0 Å². The molecule has 0 heterocycles. The van der Waals surface area contributed by atoms with Crippen molar-refractivity contribution in [1.82, 2.24) is 5.32 Å². The van der Waals surface area contributed by atoms with E-state index in [0.717, 1.165) is 0 Å². The topological polar surface area (TPSA) is 75.6 Å². The molecule has 70 valence electrons. The molecule has 1 amide bonds. The van der Waals surface area contributed by atoms with E-state index >= 15 is 0 Å². The fraction of sp³-hybridized carbons (Fsp3) is 0.714. The van der Waals surface area contributed by atoms with Gasteiger partial charge in [-0.15, -0.1) is 0 Å². The molecule has 0 aliphatic carbocycles. The predicted octanol–water partition coefficient (Wildman–Crippen LogP) is -0.389. The zero-order valence-corrected chi connectivity index (χ0v) is 7.33. The van der Waals surface area contributed by atoms with Crippen LogP contribution in [-0.2, 0) is 14.3 Å². The van der Waals surface area contributed by atoms with Gasteiger partial charge >= 0.3 is 5.97 Å². The summed E-state index contributed by atoms with van der Waals surface area (Å²) in [5.41, 5.74) is 0. The van der Waals surface area contributed by atoms with Crippen LogP contribution in [0, 0.1) is 0 Å². The molecule has 0 spiro atoms. The van der Waals surface area contributed by atoms with Crippen molar-refractivity contribution in [1.29, 1.82) is 0 Å². The maximum Gasteiger partial charge on any atom is 0.325 e. The first kappa shape index (κ1) is 10.9. The van der Waals surface area contributed by atoms with E-state index in [0.29, 0.717) is 0 Å². The van der Waals surface area contributed by atoms with Crippen molar-refractivity contribution in [2.75, 3.05) is 7.11 Å². The van der Waals surface area contributed by atoms with Crippen LogP contribution in [0.15, 0.2) is 0 Å². The Morgan fingerprint density at radius 2 is 1.92 bits per heavy atom. The minimum Gasteiger partial charge on any atom is -0.480 e. The van der Waals surface area contributed by atoms with Crippen molar-refractivity contribution in [3.63, 3.8) is 0 Å². The average molecular weight is 175 g/mol. The summed E-state index contributed by atoms with van der Waals surface area (Å²) < 4.78 is 4.69. The van der Waals surface area contributed by atoms with E-state index in [1.807, 2.05) is 0 Å². The minimum atomic E-state index is -1.06. The number of ether oxygens (including phenoxy) is 1. The van der Waals surface area contributed by atoms with Crippen LogP contribution in [0.2, 0.25) is 0 Å². The Bertz CT molecular complexity index is 180. The third kappa shape index (κ3) is 3.34. The number of aliphatic carboxylic acids is 1. The largest absolute Gasteiger partial charge is 0.480 e. The molecule has 0 aliphatic rings. The molecule has 0 rings (SSSR count). The van der Waals surface area contributed by atoms with E-state index in [2.05, 4.69) is 10.1 Å². The van der Waals surface area contributed by atoms with E-state index < -0.39 is 24.0 Å². The Kier molecular flexibility index (Phi) is 4.28. The van der Waals surface area contributed by atoms with Crippen LogP contribution in [0.5, 0.6) is 0 Å². The van der Waals surface area contributed by atoms with Gasteiger partial charge in [0, 0.05) is 7.11 Å². The zero-order valence-electron chi connectivity index (χ0n) is 7.33. The number of methoxy groups -OCH3 is 1. The van der Waals surface area contributed by atoms with Crippen molar-refractivity contribution in [2.24, 2.45) is 0 Å². The van der Waals surface area contributed by atoms with Crippen molar-refractivity contribution >= 4 is 11.9 Å². The molecule has 5 nitrogen and oxygen atoms in total. The number of hydrogen-bond donors (Lipinski definition) is 2. The van der Waals surface area contributed by atoms with Crippen LogP contribution in [0.4, 0.5) is 0 Å². The van der Waals surface area contributed by atoms with Crippen LogP contribution in [-0.4, -0.2) is 36.2 Å². The van der Waals surface area contributed by atoms with Gasteiger partial charge in [0.1, 0.15) is 12.1 Å². The maximum atomic E-state index is 11.0. The molecular formula is C7H13NO4. The number of nitrogens with one attached hydrogen (secondary N) is 1. The first-order valence-corrected chi connectivity index (χ1v) is 3.55. The average Bonchev–Trinajstić information content (AvgIpc) is 2.02. The molecule has 0 aromatic heterocycles. The highest BCUT2D eigenvalue weighted by Gasteiger charge is 2.17. The molecule has 0 bridgehead atoms. The van der Waals surface area contributed by atoms with Gasteiger partial charge in [-0.1, -0.05) is 0 Å². The van der Waals surface area contributed by atoms with Gasteiger partial charge in [0.05, 0.1) is 0 Å². The highest BCUT2D eigenvalue weighted by molar-refractivity contribution is 5.85. The van der Waals surface area contributed by atoms with Crippen molar-refractivity contribution in [3.05, 3.63) is 0 Å². The maximum absolute atomic E-state index is 11.0. The molecule has 0 saturated carbocycles. The second kappa shape index (κ2) is 4.71. The lowest BCUT2D eigenvalue weighted by Crippen LogP contribution is -2.43. The number of carbonyl (C=O) groups is 2. The van der Waals surface area contributed by atoms with Gasteiger partial charge in [0.2, 0.25) is 5.91 Å². The van der Waals surface area contributed by atoms with Gasteiger partial charge in [-0.05, 0) is 13.8 Å². The van der Waals surface area contributed by atoms with E-state index in [-0.39, 0.29) is 0 Å². The fourth-order valence-corrected chi connectivity index (χ4v) is 0.500. The molecule has 0 saturated heterocycles. The third-order valence-corrected chi connectivity index (χ3v) is 1.45. The fourth-order valence-electron chi connectivity index (χ4n) is 0.500. The Labute approximate surface area is 70.7 Å². The number of carboxylic acid groups (broad SMARTS) is 1. The number of carbonyl (C=O) groups excluding carboxylic acids is 1. The Balaban J connectivity index is 3.92. The van der Waals surface area contributed by atoms with E-state index in [1.165, 1.54) is 14.0 Å². The van der Waals surface area contributed by atoms with Crippen molar-refractivity contribution < 1.29 is 19.4 Å². The Hall–Kier alpha value is -1.10. The molecule has 2 unspecified atom stereocenters. The third-order valence-electron chi connectivity index (χ3n) is 1.45. The van der Waals surface area contributed by atoms with Gasteiger partial charge in [0.25, 0.3) is 0 Å². The number of hydrogen-bond acceptors (Lipinski definition) is 3. The summed E-state index contributed by atoms with van der Waals surface area (Å²) in [5.74, 6) is -1.49. The summed E-state index contributed by atoms with van der Waals surface area (Å²) in [5, 5.41) is 10.7. The summed E-state index contributed by atoms with van der Waals surface area (Å²) in [7, 11) is 1.38. The lowest BCUT2D eigenvalue weighted by molar-refractivity contribution is -0.143. The molecule has 0 radical (unpaired) electrons. The van der Waals surface area contributed by atoms with E-state index in [9.17, 15) is 9.59 Å². The molecule has 2 atom stereocenters. The monoisotopic (exact) mass is 175 g/mol. The number of amides is 1. The van der Waals surface area contributed by atoms with Gasteiger partial charge in [-0.2, -0.15) is 0 Å². The molecular weight excluding hydrogens is 162 g/mol. The van der Waals surface area contributed by atoms with Crippen LogP contribution >= 0.6 is 0 Å². The molecule has 12 heavy (non-hydrogen) atoms. The lowest BCUT2D eigenvalue weighted by Gasteiger charge is -2.12. The Morgan fingerprint density at radius 1 is 1.42 bits per heavy atom. The summed E-state index contributed by atoms with van der Waals surface area (Å²) in [6, 6.07) is -0.880. The standard InChI is InChI=1S/C7H13NO4/c1-4(7(10)11)8-6(9)5(2)12-3/h4-5H,1-3H3,(H,8,9)(H,10,11). The van der Waals surface area contributed by atoms with Crippen LogP contribution in [0.25, 0.3) is 0 Å². The van der Waals surface area contributed by atoms with E-state index in [4.69, 9.17) is 5.11 Å². The molecule has 0 aromatic rings. The summed E-state index contributed by atoms with van der Waals surface area (Å²) in [4.78, 5) is 21.3. The molecule has 2 N–H and O–H groups in total. The number of rotatable bonds is 4. The first-order chi connectivity index (χ1) is 5.49. The van der Waals surface area contributed by atoms with Crippen molar-refractivity contribution in [2.45, 2.75) is 26.0 Å². The smallest absolute Gasteiger partial charge is 0.325 e. The minimum absolute atomic E-state index is 0.424. The summed E-state index contributed by atoms with van der Waals surface area (Å²) in [6.07, 6.45) is -0.619. The summed E-state index contributed by atoms with van der Waals surface area (Å²) >= 11 is 0. The second-order valence-corrected chi connectivity index (χ2v) is 2.45. The normalized spacial score (nSPS) is 14.9. The zero-order chi connectivity index (χ0) is 9.72. The molecule has 0 fully saturated rings. The van der Waals surface area contributed by atoms with Gasteiger partial charge in [-0.3, -0.25) is 9.59 Å². The molecule has 5 heteroatoms. The van der Waals surface area contributed by atoms with Crippen LogP contribution < -0.4 is 5.32 Å². The SMILES string of the molecule is COC(C)C(=O)NC(C)C(=O)O. The van der Waals surface area contributed by atoms with Crippen LogP contribution in [0.3, 0.4) is 0 Å². The molecule has 0 aromatic carbocycles. The van der Waals surface area contributed by atoms with Gasteiger partial charge in [0.15, 0.2) is 0 Å². The number of carboxylic acids is 1.